The van der Waals surface area contributed by atoms with Gasteiger partial charge >= 0.3 is 0 Å². The van der Waals surface area contributed by atoms with Crippen LogP contribution in [-0.2, 0) is 25.7 Å². The van der Waals surface area contributed by atoms with Crippen molar-refractivity contribution in [1.82, 2.24) is 40.5 Å². The normalized spacial score (nSPS) is 18.6. The van der Waals surface area contributed by atoms with Crippen molar-refractivity contribution in [3.8, 4) is 16.2 Å². The highest BCUT2D eigenvalue weighted by Crippen LogP contribution is 2.36. The zero-order valence-corrected chi connectivity index (χ0v) is 44.3. The monoisotopic (exact) mass is 1070 g/mol. The summed E-state index contributed by atoms with van der Waals surface area (Å²) < 4.78 is 20.0. The van der Waals surface area contributed by atoms with Crippen LogP contribution >= 0.6 is 34.5 Å². The first-order valence-electron chi connectivity index (χ1n) is 24.0. The molecule has 6 N–H and O–H groups in total. The quantitative estimate of drug-likeness (QED) is 0.0668. The van der Waals surface area contributed by atoms with E-state index in [0.29, 0.717) is 11.3 Å². The molecule has 0 spiro atoms. The molecule has 2 saturated heterocycles. The van der Waals surface area contributed by atoms with Crippen LogP contribution in [-0.4, -0.2) is 120 Å². The molecule has 74 heavy (non-hydrogen) atoms. The van der Waals surface area contributed by atoms with Gasteiger partial charge in [0.05, 0.1) is 27.2 Å². The standard InChI is InChI=1S/C52H59Cl2FN10O8S/c1-27-23-63(50(71)33-12-14-34(15-13-33)59-48(69)38-21-40(47(56)62-61-38)73-30(4)43-36(53)16-17-37(55)44(43)54)24-28(2)65(27)42(68)19-18-41(67)60-46(52(5,6)7)51(72)64-25-35(66)20-39(64)49(70)57-22-31-8-10-32(11-9-31)45-29(3)58-26-74-45/h8-17,21,26-28,30,35,39,46,66H,18-20,22-25H2,1-7H3,(H2,56,62)(H,57,70)(H,59,69)(H,60,67)/t27-,28+,30-,35-,39+,46-/m1/s1. The van der Waals surface area contributed by atoms with Crippen LogP contribution in [0.25, 0.3) is 10.4 Å². The van der Waals surface area contributed by atoms with Crippen molar-refractivity contribution < 1.29 is 43.0 Å². The summed E-state index contributed by atoms with van der Waals surface area (Å²) >= 11 is 13.9. The fourth-order valence-corrected chi connectivity index (χ4v) is 10.7. The van der Waals surface area contributed by atoms with Crippen LogP contribution in [0.4, 0.5) is 15.9 Å². The average molecular weight is 1070 g/mol. The van der Waals surface area contributed by atoms with E-state index < -0.39 is 71.2 Å². The van der Waals surface area contributed by atoms with Gasteiger partial charge in [0, 0.05) is 85.4 Å². The van der Waals surface area contributed by atoms with Gasteiger partial charge in [0.25, 0.3) is 11.8 Å². The molecule has 0 saturated carbocycles. The SMILES string of the molecule is Cc1ncsc1-c1ccc(CNC(=O)[C@@H]2C[C@@H](O)CN2C(=O)[C@@H](NC(=O)CCC(=O)N2[C@H](C)CN(C(=O)c3ccc(NC(=O)c4cc(O[C@H](C)c5c(Cl)ccc(F)c5Cl)c(N)nn4)cc3)C[C@@H]2C)C(C)(C)C)cc1. The maximum absolute atomic E-state index is 14.2. The number of aliphatic hydroxyl groups is 1. The third kappa shape index (κ3) is 12.8. The van der Waals surface area contributed by atoms with Gasteiger partial charge in [-0.05, 0) is 80.6 Å². The van der Waals surface area contributed by atoms with E-state index in [9.17, 15) is 38.3 Å². The van der Waals surface area contributed by atoms with Gasteiger partial charge in [-0.15, -0.1) is 21.5 Å². The summed E-state index contributed by atoms with van der Waals surface area (Å²) in [6, 6.07) is 14.9. The molecule has 7 rings (SSSR count). The highest BCUT2D eigenvalue weighted by atomic mass is 35.5. The molecule has 2 aliphatic heterocycles. The summed E-state index contributed by atoms with van der Waals surface area (Å²) in [5, 5.41) is 26.7. The van der Waals surface area contributed by atoms with Crippen LogP contribution in [0.15, 0.2) is 72.2 Å². The molecule has 2 fully saturated rings. The number of rotatable bonds is 15. The van der Waals surface area contributed by atoms with Crippen molar-refractivity contribution in [3.05, 3.63) is 116 Å². The van der Waals surface area contributed by atoms with E-state index in [2.05, 4.69) is 31.1 Å². The number of piperazine rings is 1. The highest BCUT2D eigenvalue weighted by Gasteiger charge is 2.45. The fraction of sp³-hybridized carbons (Fsp3) is 0.404. The number of carbonyl (C=O) groups excluding carboxylic acids is 6. The molecule has 2 aliphatic rings. The van der Waals surface area contributed by atoms with Crippen LogP contribution in [0.5, 0.6) is 5.75 Å². The number of hydrogen-bond donors (Lipinski definition) is 5. The Kier molecular flexibility index (Phi) is 17.3. The topological polar surface area (TPSA) is 242 Å². The Morgan fingerprint density at radius 3 is 2.26 bits per heavy atom. The van der Waals surface area contributed by atoms with Gasteiger partial charge in [-0.3, -0.25) is 28.8 Å². The molecule has 18 nitrogen and oxygen atoms in total. The predicted octanol–water partition coefficient (Wildman–Crippen LogP) is 6.98. The molecule has 3 aromatic carbocycles. The largest absolute Gasteiger partial charge is 0.482 e. The summed E-state index contributed by atoms with van der Waals surface area (Å²) in [7, 11) is 0. The van der Waals surface area contributed by atoms with Gasteiger partial charge < -0.3 is 46.2 Å². The number of carbonyl (C=O) groups is 6. The molecule has 5 aromatic rings. The van der Waals surface area contributed by atoms with Gasteiger partial charge in [0.1, 0.15) is 24.0 Å². The lowest BCUT2D eigenvalue weighted by Crippen LogP contribution is -2.60. The number of ether oxygens (including phenoxy) is 1. The number of hydrogen-bond acceptors (Lipinski definition) is 13. The highest BCUT2D eigenvalue weighted by molar-refractivity contribution is 7.13. The number of halogens is 3. The molecule has 392 valence electrons. The Morgan fingerprint density at radius 1 is 0.946 bits per heavy atom. The molecule has 6 atom stereocenters. The molecule has 6 amide bonds. The number of nitrogens with zero attached hydrogens (tertiary/aromatic N) is 6. The number of aryl methyl sites for hydroxylation is 1. The summed E-state index contributed by atoms with van der Waals surface area (Å²) in [6.45, 7) is 13.1. The van der Waals surface area contributed by atoms with Crippen molar-refractivity contribution in [3.63, 3.8) is 0 Å². The van der Waals surface area contributed by atoms with Crippen LogP contribution in [0.2, 0.25) is 10.0 Å². The lowest BCUT2D eigenvalue weighted by atomic mass is 9.85. The Hall–Kier alpha value is -6.74. The minimum Gasteiger partial charge on any atom is -0.482 e. The number of thiazole rings is 1. The molecule has 0 radical (unpaired) electrons. The van der Waals surface area contributed by atoms with Crippen LogP contribution in [0, 0.1) is 18.2 Å². The lowest BCUT2D eigenvalue weighted by molar-refractivity contribution is -0.144. The number of likely N-dealkylation sites (tertiary alicyclic amines) is 1. The van der Waals surface area contributed by atoms with Crippen LogP contribution in [0.3, 0.4) is 0 Å². The number of nitrogens with two attached hydrogens (primary N) is 1. The number of nitrogen functional groups attached to an aromatic ring is 1. The summed E-state index contributed by atoms with van der Waals surface area (Å²) in [5.41, 5.74) is 10.5. The Bertz CT molecular complexity index is 2910. The molecular formula is C52H59Cl2FN10O8S. The number of aromatic nitrogens is 3. The summed E-state index contributed by atoms with van der Waals surface area (Å²) in [5.74, 6) is -3.53. The summed E-state index contributed by atoms with van der Waals surface area (Å²) in [6.07, 6.45) is -2.14. The number of nitrogens with one attached hydrogen (secondary N) is 3. The first-order valence-corrected chi connectivity index (χ1v) is 25.6. The van der Waals surface area contributed by atoms with Gasteiger partial charge in [-0.2, -0.15) is 0 Å². The van der Waals surface area contributed by atoms with Gasteiger partial charge in [0.15, 0.2) is 17.3 Å². The number of anilines is 2. The minimum absolute atomic E-state index is 0.0141. The van der Waals surface area contributed by atoms with E-state index >= 15 is 0 Å². The number of β-amino-alcohol motifs (C(OH)–C–C–N with tert-alkyl or cyclic N) is 1. The first-order chi connectivity index (χ1) is 35.0. The zero-order chi connectivity index (χ0) is 53.8. The first kappa shape index (κ1) is 55.0. The van der Waals surface area contributed by atoms with E-state index in [1.807, 2.05) is 45.0 Å². The van der Waals surface area contributed by atoms with Crippen LogP contribution < -0.4 is 26.4 Å². The van der Waals surface area contributed by atoms with E-state index in [1.54, 1.807) is 78.6 Å². The Morgan fingerprint density at radius 2 is 1.62 bits per heavy atom. The van der Waals surface area contributed by atoms with Crippen molar-refractivity contribution in [2.75, 3.05) is 30.7 Å². The summed E-state index contributed by atoms with van der Waals surface area (Å²) in [4.78, 5) is 91.9. The number of amides is 6. The maximum atomic E-state index is 14.2. The molecule has 0 bridgehead atoms. The fourth-order valence-electron chi connectivity index (χ4n) is 9.17. The smallest absolute Gasteiger partial charge is 0.276 e. The second kappa shape index (κ2) is 23.2. The van der Waals surface area contributed by atoms with Crippen LogP contribution in [0.1, 0.15) is 105 Å². The second-order valence-corrected chi connectivity index (χ2v) is 21.3. The molecule has 0 unspecified atom stereocenters. The number of benzene rings is 3. The van der Waals surface area contributed by atoms with Gasteiger partial charge in [0.2, 0.25) is 23.6 Å². The van der Waals surface area contributed by atoms with E-state index in [4.69, 9.17) is 33.7 Å². The maximum Gasteiger partial charge on any atom is 0.276 e. The molecule has 0 aliphatic carbocycles. The van der Waals surface area contributed by atoms with E-state index in [0.717, 1.165) is 27.8 Å². The Labute approximate surface area is 442 Å². The van der Waals surface area contributed by atoms with Crippen molar-refractivity contribution >= 4 is 81.5 Å². The molecule has 22 heteroatoms. The zero-order valence-electron chi connectivity index (χ0n) is 41.9. The van der Waals surface area contributed by atoms with E-state index in [1.165, 1.54) is 17.0 Å². The number of aliphatic hydroxyl groups excluding tert-OH is 1. The van der Waals surface area contributed by atoms with Gasteiger partial charge in [-0.25, -0.2) is 9.37 Å². The predicted molar refractivity (Wildman–Crippen MR) is 279 cm³/mol. The molecular weight excluding hydrogens is 1010 g/mol. The van der Waals surface area contributed by atoms with E-state index in [-0.39, 0.29) is 90.1 Å². The second-order valence-electron chi connectivity index (χ2n) is 19.7. The third-order valence-corrected chi connectivity index (χ3v) is 14.7. The van der Waals surface area contributed by atoms with Crippen molar-refractivity contribution in [2.45, 2.75) is 111 Å². The third-order valence-electron chi connectivity index (χ3n) is 13.0. The Balaban J connectivity index is 0.890. The lowest BCUT2D eigenvalue weighted by Gasteiger charge is -2.44. The minimum atomic E-state index is -1.07. The average Bonchev–Trinajstić information content (AvgIpc) is 3.98. The van der Waals surface area contributed by atoms with Crippen molar-refractivity contribution in [2.24, 2.45) is 5.41 Å². The van der Waals surface area contributed by atoms with Crippen molar-refractivity contribution in [1.29, 1.82) is 0 Å². The molecule has 2 aromatic heterocycles. The molecule has 4 heterocycles. The van der Waals surface area contributed by atoms with Gasteiger partial charge in [-0.1, -0.05) is 68.2 Å².